The van der Waals surface area contributed by atoms with Crippen LogP contribution in [-0.2, 0) is 14.1 Å². The highest BCUT2D eigenvalue weighted by Gasteiger charge is 2.16. The van der Waals surface area contributed by atoms with Crippen LogP contribution in [0.1, 0.15) is 11.4 Å². The first kappa shape index (κ1) is 16.3. The van der Waals surface area contributed by atoms with Gasteiger partial charge in [0.15, 0.2) is 5.65 Å². The Labute approximate surface area is 145 Å². The van der Waals surface area contributed by atoms with Crippen molar-refractivity contribution in [2.75, 3.05) is 5.32 Å². The molecule has 0 bridgehead atoms. The molecular weight excluding hydrogens is 324 g/mol. The monoisotopic (exact) mass is 342 g/mol. The first-order valence-corrected chi connectivity index (χ1v) is 7.54. The van der Waals surface area contributed by atoms with E-state index in [-0.39, 0.29) is 12.4 Å². The second-order valence-corrected chi connectivity index (χ2v) is 5.83. The van der Waals surface area contributed by atoms with Gasteiger partial charge in [-0.3, -0.25) is 9.36 Å². The van der Waals surface area contributed by atoms with Crippen LogP contribution in [0.25, 0.3) is 21.9 Å². The fourth-order valence-electron chi connectivity index (χ4n) is 3.08. The molecule has 0 atom stereocenters. The van der Waals surface area contributed by atoms with Crippen molar-refractivity contribution >= 4 is 45.8 Å². The highest BCUT2D eigenvalue weighted by Crippen LogP contribution is 2.34. The number of aromatic nitrogens is 5. The van der Waals surface area contributed by atoms with Gasteiger partial charge in [-0.2, -0.15) is 10.2 Å². The summed E-state index contributed by atoms with van der Waals surface area (Å²) >= 11 is 0. The van der Waals surface area contributed by atoms with Crippen molar-refractivity contribution in [3.05, 3.63) is 41.7 Å². The molecule has 3 heterocycles. The van der Waals surface area contributed by atoms with E-state index in [1.165, 1.54) is 0 Å². The molecule has 4 rings (SSSR count). The zero-order chi connectivity index (χ0) is 16.1. The quantitative estimate of drug-likeness (QED) is 0.604. The predicted molar refractivity (Wildman–Crippen MR) is 99.2 cm³/mol. The number of anilines is 2. The molecule has 0 aliphatic rings. The van der Waals surface area contributed by atoms with Crippen LogP contribution in [0, 0.1) is 13.8 Å². The lowest BCUT2D eigenvalue weighted by atomic mass is 10.1. The van der Waals surface area contributed by atoms with Crippen LogP contribution in [0.15, 0.2) is 30.3 Å². The lowest BCUT2D eigenvalue weighted by Crippen LogP contribution is -2.01. The molecule has 1 N–H and O–H groups in total. The molecule has 0 amide bonds. The molecule has 124 valence electrons. The maximum absolute atomic E-state index is 4.77. The fourth-order valence-corrected chi connectivity index (χ4v) is 3.08. The summed E-state index contributed by atoms with van der Waals surface area (Å²) in [5.41, 5.74) is 4.79. The Morgan fingerprint density at radius 3 is 2.46 bits per heavy atom. The summed E-state index contributed by atoms with van der Waals surface area (Å²) in [4.78, 5) is 4.77. The summed E-state index contributed by atoms with van der Waals surface area (Å²) in [6.07, 6.45) is 0. The van der Waals surface area contributed by atoms with Crippen molar-refractivity contribution in [1.82, 2.24) is 24.5 Å². The van der Waals surface area contributed by atoms with Gasteiger partial charge in [-0.25, -0.2) is 4.98 Å². The summed E-state index contributed by atoms with van der Waals surface area (Å²) in [6.45, 7) is 4.00. The fraction of sp³-hybridized carbons (Fsp3) is 0.235. The van der Waals surface area contributed by atoms with Gasteiger partial charge < -0.3 is 5.32 Å². The highest BCUT2D eigenvalue weighted by molar-refractivity contribution is 6.08. The van der Waals surface area contributed by atoms with Gasteiger partial charge in [-0.15, -0.1) is 12.4 Å². The van der Waals surface area contributed by atoms with Crippen LogP contribution in [0.2, 0.25) is 0 Å². The molecule has 0 aliphatic heterocycles. The molecule has 1 aromatic carbocycles. The van der Waals surface area contributed by atoms with E-state index in [0.717, 1.165) is 44.8 Å². The van der Waals surface area contributed by atoms with E-state index in [1.807, 2.05) is 61.6 Å². The van der Waals surface area contributed by atoms with Gasteiger partial charge >= 0.3 is 0 Å². The Balaban J connectivity index is 0.00000169. The lowest BCUT2D eigenvalue weighted by molar-refractivity contribution is 0.765. The molecule has 0 unspecified atom stereocenters. The molecule has 7 heteroatoms. The van der Waals surface area contributed by atoms with Gasteiger partial charge in [0, 0.05) is 25.5 Å². The van der Waals surface area contributed by atoms with Gasteiger partial charge in [0.1, 0.15) is 5.82 Å². The molecule has 0 saturated heterocycles. The maximum atomic E-state index is 4.77. The number of pyridine rings is 1. The third-order valence-electron chi connectivity index (χ3n) is 4.10. The molecule has 0 aliphatic carbocycles. The molecule has 24 heavy (non-hydrogen) atoms. The normalized spacial score (nSPS) is 11.0. The number of hydrogen-bond acceptors (Lipinski definition) is 4. The van der Waals surface area contributed by atoms with Gasteiger partial charge in [0.25, 0.3) is 0 Å². The Bertz CT molecular complexity index is 1050. The zero-order valence-corrected chi connectivity index (χ0v) is 14.8. The minimum Gasteiger partial charge on any atom is -0.339 e. The van der Waals surface area contributed by atoms with Gasteiger partial charge in [-0.05, 0) is 19.9 Å². The molecule has 4 aromatic rings. The van der Waals surface area contributed by atoms with Crippen molar-refractivity contribution in [1.29, 1.82) is 0 Å². The van der Waals surface area contributed by atoms with E-state index in [2.05, 4.69) is 21.6 Å². The number of hydrogen-bond donors (Lipinski definition) is 1. The van der Waals surface area contributed by atoms with Crippen molar-refractivity contribution in [3.8, 4) is 0 Å². The minimum atomic E-state index is 0. The zero-order valence-electron chi connectivity index (χ0n) is 14.0. The van der Waals surface area contributed by atoms with Crippen LogP contribution in [0.5, 0.6) is 0 Å². The Kier molecular flexibility index (Phi) is 3.93. The van der Waals surface area contributed by atoms with E-state index >= 15 is 0 Å². The van der Waals surface area contributed by atoms with Crippen molar-refractivity contribution in [3.63, 3.8) is 0 Å². The van der Waals surface area contributed by atoms with Crippen LogP contribution in [0.3, 0.4) is 0 Å². The number of aryl methyl sites for hydroxylation is 4. The second kappa shape index (κ2) is 5.79. The third kappa shape index (κ3) is 2.39. The van der Waals surface area contributed by atoms with Crippen LogP contribution in [-0.4, -0.2) is 24.5 Å². The smallest absolute Gasteiger partial charge is 0.160 e. The average molecular weight is 343 g/mol. The molecule has 6 nitrogen and oxygen atoms in total. The summed E-state index contributed by atoms with van der Waals surface area (Å²) in [7, 11) is 3.86. The summed E-state index contributed by atoms with van der Waals surface area (Å²) < 4.78 is 3.68. The second-order valence-electron chi connectivity index (χ2n) is 5.83. The molecule has 0 radical (unpaired) electrons. The van der Waals surface area contributed by atoms with E-state index < -0.39 is 0 Å². The Morgan fingerprint density at radius 1 is 1.00 bits per heavy atom. The molecular formula is C17H19ClN6. The number of benzene rings is 1. The highest BCUT2D eigenvalue weighted by atomic mass is 35.5. The van der Waals surface area contributed by atoms with E-state index in [4.69, 9.17) is 4.98 Å². The topological polar surface area (TPSA) is 60.6 Å². The van der Waals surface area contributed by atoms with E-state index in [0.29, 0.717) is 0 Å². The largest absolute Gasteiger partial charge is 0.339 e. The number of rotatable bonds is 2. The SMILES string of the molecule is Cc1cc(Nc2c3ccccc3nc3c2c(C)nn3C)n(C)n1.Cl. The minimum absolute atomic E-state index is 0. The summed E-state index contributed by atoms with van der Waals surface area (Å²) in [5, 5.41) is 14.6. The van der Waals surface area contributed by atoms with Crippen LogP contribution >= 0.6 is 12.4 Å². The Hall–Kier alpha value is -2.60. The van der Waals surface area contributed by atoms with E-state index in [9.17, 15) is 0 Å². The molecule has 0 saturated carbocycles. The van der Waals surface area contributed by atoms with Crippen molar-refractivity contribution < 1.29 is 0 Å². The first-order chi connectivity index (χ1) is 11.0. The van der Waals surface area contributed by atoms with Crippen molar-refractivity contribution in [2.45, 2.75) is 13.8 Å². The number of fused-ring (bicyclic) bond motifs is 2. The van der Waals surface area contributed by atoms with Crippen LogP contribution in [0.4, 0.5) is 11.5 Å². The number of halogens is 1. The van der Waals surface area contributed by atoms with Gasteiger partial charge in [0.05, 0.1) is 28.0 Å². The molecule has 3 aromatic heterocycles. The van der Waals surface area contributed by atoms with Gasteiger partial charge in [0.2, 0.25) is 0 Å². The van der Waals surface area contributed by atoms with Gasteiger partial charge in [-0.1, -0.05) is 18.2 Å². The number of nitrogens with zero attached hydrogens (tertiary/aromatic N) is 5. The summed E-state index contributed by atoms with van der Waals surface area (Å²) in [5.74, 6) is 0.948. The third-order valence-corrected chi connectivity index (χ3v) is 4.10. The average Bonchev–Trinajstić information content (AvgIpc) is 2.98. The molecule has 0 fully saturated rings. The standard InChI is InChI=1S/C17H18N6.ClH/c1-10-9-14(22(3)20-10)19-16-12-7-5-6-8-13(12)18-17-15(16)11(2)21-23(17)4;/h5-9H,1-4H3,(H,18,19);1H. The predicted octanol–water partition coefficient (Wildman–Crippen LogP) is 3.64. The molecule has 0 spiro atoms. The number of para-hydroxylation sites is 1. The Morgan fingerprint density at radius 2 is 1.75 bits per heavy atom. The lowest BCUT2D eigenvalue weighted by Gasteiger charge is -2.11. The van der Waals surface area contributed by atoms with Crippen LogP contribution < -0.4 is 5.32 Å². The van der Waals surface area contributed by atoms with E-state index in [1.54, 1.807) is 0 Å². The van der Waals surface area contributed by atoms with Crippen molar-refractivity contribution in [2.24, 2.45) is 14.1 Å². The maximum Gasteiger partial charge on any atom is 0.160 e. The number of nitrogens with one attached hydrogen (secondary N) is 1. The summed E-state index contributed by atoms with van der Waals surface area (Å²) in [6, 6.07) is 10.2. The first-order valence-electron chi connectivity index (χ1n) is 7.54.